The average molecular weight is 421 g/mol. The molecule has 1 aromatic carbocycles. The number of benzene rings is 1. The van der Waals surface area contributed by atoms with Crippen LogP contribution in [0.3, 0.4) is 0 Å². The molecule has 158 valence electrons. The first-order valence-electron chi connectivity index (χ1n) is 9.51. The molecule has 1 saturated heterocycles. The lowest BCUT2D eigenvalue weighted by atomic mass is 10.1. The maximum Gasteiger partial charge on any atom is 0.246 e. The van der Waals surface area contributed by atoms with E-state index < -0.39 is 18.1 Å². The van der Waals surface area contributed by atoms with Crippen LogP contribution in [0.25, 0.3) is 0 Å². The minimum atomic E-state index is -0.837. The SMILES string of the molecule is C#CC[C@H](NC(=O)[C@H](C)NC)C(=O)N1CCC[C@H]1C(=O)NCc1ccccc1.Cl. The number of rotatable bonds is 8. The van der Waals surface area contributed by atoms with E-state index in [1.54, 1.807) is 14.0 Å². The van der Waals surface area contributed by atoms with Crippen LogP contribution < -0.4 is 16.0 Å². The summed E-state index contributed by atoms with van der Waals surface area (Å²) in [6, 6.07) is 7.76. The van der Waals surface area contributed by atoms with Gasteiger partial charge >= 0.3 is 0 Å². The molecule has 0 spiro atoms. The molecule has 0 aromatic heterocycles. The maximum atomic E-state index is 13.0. The van der Waals surface area contributed by atoms with E-state index >= 15 is 0 Å². The van der Waals surface area contributed by atoms with Crippen molar-refractivity contribution in [3.8, 4) is 12.3 Å². The van der Waals surface area contributed by atoms with E-state index in [9.17, 15) is 14.4 Å². The van der Waals surface area contributed by atoms with Gasteiger partial charge in [0.2, 0.25) is 17.7 Å². The lowest BCUT2D eigenvalue weighted by molar-refractivity contribution is -0.141. The highest BCUT2D eigenvalue weighted by Gasteiger charge is 2.37. The summed E-state index contributed by atoms with van der Waals surface area (Å²) in [6.45, 7) is 2.58. The fraction of sp³-hybridized carbons (Fsp3) is 0.476. The van der Waals surface area contributed by atoms with Crippen LogP contribution in [0.1, 0.15) is 31.7 Å². The van der Waals surface area contributed by atoms with Gasteiger partial charge in [0.25, 0.3) is 0 Å². The van der Waals surface area contributed by atoms with Gasteiger partial charge in [0.1, 0.15) is 12.1 Å². The summed E-state index contributed by atoms with van der Waals surface area (Å²) in [4.78, 5) is 39.3. The molecule has 1 aliphatic heterocycles. The second-order valence-corrected chi connectivity index (χ2v) is 6.87. The Kier molecular flexibility index (Phi) is 10.2. The van der Waals surface area contributed by atoms with Crippen molar-refractivity contribution in [3.05, 3.63) is 35.9 Å². The zero-order valence-electron chi connectivity index (χ0n) is 16.8. The first-order valence-corrected chi connectivity index (χ1v) is 9.51. The number of hydrogen-bond donors (Lipinski definition) is 3. The minimum Gasteiger partial charge on any atom is -0.350 e. The van der Waals surface area contributed by atoms with Crippen molar-refractivity contribution < 1.29 is 14.4 Å². The molecule has 2 rings (SSSR count). The highest BCUT2D eigenvalue weighted by atomic mass is 35.5. The highest BCUT2D eigenvalue weighted by molar-refractivity contribution is 5.93. The Labute approximate surface area is 178 Å². The molecule has 1 aromatic rings. The largest absolute Gasteiger partial charge is 0.350 e. The molecule has 0 radical (unpaired) electrons. The van der Waals surface area contributed by atoms with Crippen molar-refractivity contribution in [2.45, 2.75) is 50.9 Å². The van der Waals surface area contributed by atoms with Gasteiger partial charge in [0.05, 0.1) is 6.04 Å². The number of amides is 3. The van der Waals surface area contributed by atoms with Gasteiger partial charge in [0.15, 0.2) is 0 Å². The van der Waals surface area contributed by atoms with E-state index in [0.717, 1.165) is 12.0 Å². The highest BCUT2D eigenvalue weighted by Crippen LogP contribution is 2.19. The number of nitrogens with one attached hydrogen (secondary N) is 3. The zero-order chi connectivity index (χ0) is 20.5. The van der Waals surface area contributed by atoms with Crippen LogP contribution in [0.2, 0.25) is 0 Å². The molecule has 0 aliphatic carbocycles. The van der Waals surface area contributed by atoms with Crippen molar-refractivity contribution in [3.63, 3.8) is 0 Å². The summed E-state index contributed by atoms with van der Waals surface area (Å²) < 4.78 is 0. The fourth-order valence-corrected chi connectivity index (χ4v) is 3.15. The van der Waals surface area contributed by atoms with Crippen LogP contribution in [0, 0.1) is 12.3 Å². The Hall–Kier alpha value is -2.56. The van der Waals surface area contributed by atoms with E-state index in [-0.39, 0.29) is 36.5 Å². The smallest absolute Gasteiger partial charge is 0.246 e. The molecule has 3 N–H and O–H groups in total. The van der Waals surface area contributed by atoms with E-state index in [2.05, 4.69) is 21.9 Å². The number of halogens is 1. The zero-order valence-corrected chi connectivity index (χ0v) is 17.6. The first kappa shape index (κ1) is 24.5. The number of carbonyl (C=O) groups excluding carboxylic acids is 3. The predicted octanol–water partition coefficient (Wildman–Crippen LogP) is 0.832. The quantitative estimate of drug-likeness (QED) is 0.543. The lowest BCUT2D eigenvalue weighted by Crippen LogP contribution is -2.55. The van der Waals surface area contributed by atoms with Crippen molar-refractivity contribution in [1.82, 2.24) is 20.9 Å². The Morgan fingerprint density at radius 1 is 1.28 bits per heavy atom. The molecule has 3 amide bonds. The van der Waals surface area contributed by atoms with Gasteiger partial charge in [-0.25, -0.2) is 0 Å². The van der Waals surface area contributed by atoms with Gasteiger partial charge in [-0.2, -0.15) is 0 Å². The number of nitrogens with zero attached hydrogens (tertiary/aromatic N) is 1. The summed E-state index contributed by atoms with van der Waals surface area (Å²) in [5, 5.41) is 8.42. The third-order valence-corrected chi connectivity index (χ3v) is 4.91. The number of terminal acetylenes is 1. The Bertz CT molecular complexity index is 735. The standard InChI is InChI=1S/C21H28N4O3.ClH/c1-4-9-17(24-19(26)15(2)22-3)21(28)25-13-8-12-18(25)20(27)23-14-16-10-6-5-7-11-16;/h1,5-7,10-11,15,17-18,22H,8-9,12-14H2,2-3H3,(H,23,27)(H,24,26);1H/t15-,17-,18-;/m0./s1. The van der Waals surface area contributed by atoms with E-state index in [1.807, 2.05) is 30.3 Å². The van der Waals surface area contributed by atoms with Crippen LogP contribution in [-0.4, -0.2) is 54.3 Å². The molecule has 7 nitrogen and oxygen atoms in total. The number of hydrogen-bond acceptors (Lipinski definition) is 4. The molecule has 3 atom stereocenters. The Balaban J connectivity index is 0.00000420. The fourth-order valence-electron chi connectivity index (χ4n) is 3.15. The van der Waals surface area contributed by atoms with Crippen LogP contribution in [0.5, 0.6) is 0 Å². The Morgan fingerprint density at radius 3 is 2.59 bits per heavy atom. The van der Waals surface area contributed by atoms with E-state index in [4.69, 9.17) is 6.42 Å². The van der Waals surface area contributed by atoms with Gasteiger partial charge in [0, 0.05) is 19.5 Å². The third kappa shape index (κ3) is 6.77. The normalized spacial score (nSPS) is 17.4. The van der Waals surface area contributed by atoms with Gasteiger partial charge in [-0.1, -0.05) is 30.3 Å². The molecular weight excluding hydrogens is 392 g/mol. The average Bonchev–Trinajstić information content (AvgIpc) is 3.21. The minimum absolute atomic E-state index is 0. The molecule has 0 saturated carbocycles. The third-order valence-electron chi connectivity index (χ3n) is 4.91. The van der Waals surface area contributed by atoms with Gasteiger partial charge in [-0.15, -0.1) is 24.8 Å². The molecule has 1 aliphatic rings. The molecule has 0 bridgehead atoms. The van der Waals surface area contributed by atoms with Crippen LogP contribution in [0.4, 0.5) is 0 Å². The molecule has 8 heteroatoms. The summed E-state index contributed by atoms with van der Waals surface area (Å²) in [5.41, 5.74) is 0.991. The van der Waals surface area contributed by atoms with Gasteiger partial charge in [-0.3, -0.25) is 14.4 Å². The lowest BCUT2D eigenvalue weighted by Gasteiger charge is -2.28. The van der Waals surface area contributed by atoms with Crippen LogP contribution in [0.15, 0.2) is 30.3 Å². The summed E-state index contributed by atoms with van der Waals surface area (Å²) in [5.74, 6) is 1.63. The topological polar surface area (TPSA) is 90.5 Å². The van der Waals surface area contributed by atoms with Gasteiger partial charge < -0.3 is 20.9 Å². The molecule has 1 heterocycles. The monoisotopic (exact) mass is 420 g/mol. The van der Waals surface area contributed by atoms with Gasteiger partial charge in [-0.05, 0) is 32.4 Å². The van der Waals surface area contributed by atoms with Crippen LogP contribution in [-0.2, 0) is 20.9 Å². The molecular formula is C21H29ClN4O3. The second-order valence-electron chi connectivity index (χ2n) is 6.87. The number of carbonyl (C=O) groups is 3. The molecule has 29 heavy (non-hydrogen) atoms. The number of likely N-dealkylation sites (N-methyl/N-ethyl adjacent to an activating group) is 1. The number of likely N-dealkylation sites (tertiary alicyclic amines) is 1. The molecule has 0 unspecified atom stereocenters. The van der Waals surface area contributed by atoms with E-state index in [1.165, 1.54) is 4.90 Å². The molecule has 1 fully saturated rings. The van der Waals surface area contributed by atoms with Crippen LogP contribution >= 0.6 is 12.4 Å². The maximum absolute atomic E-state index is 13.0. The summed E-state index contributed by atoms with van der Waals surface area (Å²) in [7, 11) is 1.66. The van der Waals surface area contributed by atoms with Crippen molar-refractivity contribution in [2.24, 2.45) is 0 Å². The summed E-state index contributed by atoms with van der Waals surface area (Å²) >= 11 is 0. The summed E-state index contributed by atoms with van der Waals surface area (Å²) in [6.07, 6.45) is 6.80. The van der Waals surface area contributed by atoms with E-state index in [0.29, 0.717) is 19.5 Å². The second kappa shape index (κ2) is 12.1. The van der Waals surface area contributed by atoms with Crippen molar-refractivity contribution in [1.29, 1.82) is 0 Å². The van der Waals surface area contributed by atoms with Crippen molar-refractivity contribution >= 4 is 30.1 Å². The van der Waals surface area contributed by atoms with Crippen molar-refractivity contribution in [2.75, 3.05) is 13.6 Å². The first-order chi connectivity index (χ1) is 13.5. The Morgan fingerprint density at radius 2 is 1.97 bits per heavy atom. The predicted molar refractivity (Wildman–Crippen MR) is 114 cm³/mol.